The molecule has 0 aliphatic heterocycles. The fourth-order valence-electron chi connectivity index (χ4n) is 1.89. The molecule has 0 saturated carbocycles. The first-order chi connectivity index (χ1) is 10.1. The molecule has 6 nitrogen and oxygen atoms in total. The standard InChI is InChI=1S/C15H16N6/c1-10-5-3-4-6-13(10)18-15(16)19-14-8-7-12(20-21-17)9-11(14)2/h3-9H,1-2H3,(H3,16,18,19). The number of para-hydroxylation sites is 1. The molecule has 2 rings (SSSR count). The summed E-state index contributed by atoms with van der Waals surface area (Å²) in [6, 6.07) is 13.1. The van der Waals surface area contributed by atoms with Crippen LogP contribution in [0.15, 0.2) is 52.6 Å². The molecule has 21 heavy (non-hydrogen) atoms. The highest BCUT2D eigenvalue weighted by atomic mass is 15.1. The van der Waals surface area contributed by atoms with Crippen molar-refractivity contribution in [3.63, 3.8) is 0 Å². The molecule has 0 radical (unpaired) electrons. The van der Waals surface area contributed by atoms with Crippen molar-refractivity contribution in [2.24, 2.45) is 15.8 Å². The molecule has 0 aliphatic rings. The van der Waals surface area contributed by atoms with Gasteiger partial charge in [0.2, 0.25) is 0 Å². The van der Waals surface area contributed by atoms with E-state index < -0.39 is 0 Å². The summed E-state index contributed by atoms with van der Waals surface area (Å²) in [5, 5.41) is 6.62. The van der Waals surface area contributed by atoms with E-state index in [1.54, 1.807) is 18.2 Å². The minimum absolute atomic E-state index is 0.309. The highest BCUT2D eigenvalue weighted by molar-refractivity contribution is 5.94. The van der Waals surface area contributed by atoms with Crippen molar-refractivity contribution in [3.8, 4) is 0 Å². The van der Waals surface area contributed by atoms with Gasteiger partial charge in [-0.1, -0.05) is 29.4 Å². The summed E-state index contributed by atoms with van der Waals surface area (Å²) in [4.78, 5) is 7.10. The van der Waals surface area contributed by atoms with E-state index in [0.717, 1.165) is 22.5 Å². The minimum atomic E-state index is 0.309. The first-order valence-electron chi connectivity index (χ1n) is 6.42. The summed E-state index contributed by atoms with van der Waals surface area (Å²) < 4.78 is 0. The predicted octanol–water partition coefficient (Wildman–Crippen LogP) is 4.30. The number of aryl methyl sites for hydroxylation is 2. The Morgan fingerprint density at radius 3 is 2.57 bits per heavy atom. The molecule has 0 aromatic heterocycles. The number of azide groups is 1. The molecule has 0 bridgehead atoms. The van der Waals surface area contributed by atoms with Gasteiger partial charge in [0.15, 0.2) is 5.96 Å². The van der Waals surface area contributed by atoms with Gasteiger partial charge < -0.3 is 11.1 Å². The van der Waals surface area contributed by atoms with Gasteiger partial charge in [-0.25, -0.2) is 4.99 Å². The number of hydrogen-bond acceptors (Lipinski definition) is 2. The monoisotopic (exact) mass is 280 g/mol. The van der Waals surface area contributed by atoms with Crippen LogP contribution in [-0.4, -0.2) is 5.96 Å². The third-order valence-corrected chi connectivity index (χ3v) is 2.99. The minimum Gasteiger partial charge on any atom is -0.369 e. The second-order valence-electron chi connectivity index (χ2n) is 4.60. The Morgan fingerprint density at radius 1 is 1.14 bits per heavy atom. The van der Waals surface area contributed by atoms with Crippen LogP contribution in [0.5, 0.6) is 0 Å². The first-order valence-corrected chi connectivity index (χ1v) is 6.42. The second-order valence-corrected chi connectivity index (χ2v) is 4.60. The smallest absolute Gasteiger partial charge is 0.198 e. The van der Waals surface area contributed by atoms with E-state index in [1.807, 2.05) is 38.1 Å². The highest BCUT2D eigenvalue weighted by Crippen LogP contribution is 2.24. The average Bonchev–Trinajstić information content (AvgIpc) is 2.45. The van der Waals surface area contributed by atoms with Crippen LogP contribution >= 0.6 is 0 Å². The van der Waals surface area contributed by atoms with E-state index in [9.17, 15) is 0 Å². The van der Waals surface area contributed by atoms with Crippen LogP contribution in [0.25, 0.3) is 10.4 Å². The summed E-state index contributed by atoms with van der Waals surface area (Å²) in [7, 11) is 0. The Morgan fingerprint density at radius 2 is 1.90 bits per heavy atom. The molecule has 0 saturated heterocycles. The van der Waals surface area contributed by atoms with Gasteiger partial charge in [-0.3, -0.25) is 0 Å². The molecule has 3 N–H and O–H groups in total. The van der Waals surface area contributed by atoms with Gasteiger partial charge in [-0.2, -0.15) is 0 Å². The molecule has 0 amide bonds. The predicted molar refractivity (Wildman–Crippen MR) is 86.1 cm³/mol. The molecule has 2 aromatic rings. The molecule has 0 spiro atoms. The number of anilines is 1. The van der Waals surface area contributed by atoms with E-state index in [0.29, 0.717) is 11.6 Å². The number of rotatable bonds is 3. The van der Waals surface area contributed by atoms with Crippen LogP contribution < -0.4 is 11.1 Å². The maximum atomic E-state index is 8.42. The van der Waals surface area contributed by atoms with Crippen molar-refractivity contribution in [2.75, 3.05) is 5.32 Å². The van der Waals surface area contributed by atoms with E-state index in [2.05, 4.69) is 20.3 Å². The average molecular weight is 280 g/mol. The van der Waals surface area contributed by atoms with Crippen molar-refractivity contribution in [1.29, 1.82) is 0 Å². The van der Waals surface area contributed by atoms with Crippen LogP contribution in [-0.2, 0) is 0 Å². The molecule has 2 aromatic carbocycles. The third-order valence-electron chi connectivity index (χ3n) is 2.99. The molecule has 0 fully saturated rings. The van der Waals surface area contributed by atoms with Crippen molar-refractivity contribution in [1.82, 2.24) is 0 Å². The fraction of sp³-hybridized carbons (Fsp3) is 0.133. The van der Waals surface area contributed by atoms with Crippen LogP contribution in [0.1, 0.15) is 11.1 Å². The molecule has 0 heterocycles. The third kappa shape index (κ3) is 3.75. The molecule has 6 heteroatoms. The van der Waals surface area contributed by atoms with Crippen molar-refractivity contribution in [2.45, 2.75) is 13.8 Å². The molecular formula is C15H16N6. The van der Waals surface area contributed by atoms with Gasteiger partial charge in [-0.05, 0) is 48.7 Å². The van der Waals surface area contributed by atoms with Gasteiger partial charge in [0.05, 0.1) is 5.69 Å². The molecule has 0 atom stereocenters. The number of aliphatic imine (C=N–C) groups is 1. The van der Waals surface area contributed by atoms with Crippen LogP contribution in [0.4, 0.5) is 17.1 Å². The molecule has 0 aliphatic carbocycles. The lowest BCUT2D eigenvalue weighted by Gasteiger charge is -2.09. The zero-order chi connectivity index (χ0) is 15.2. The Hall–Kier alpha value is -2.98. The lowest BCUT2D eigenvalue weighted by molar-refractivity contribution is 1.34. The van der Waals surface area contributed by atoms with Gasteiger partial charge >= 0.3 is 0 Å². The van der Waals surface area contributed by atoms with Gasteiger partial charge in [0, 0.05) is 16.3 Å². The van der Waals surface area contributed by atoms with Gasteiger partial charge in [0.1, 0.15) is 0 Å². The van der Waals surface area contributed by atoms with Crippen molar-refractivity contribution >= 4 is 23.0 Å². The van der Waals surface area contributed by atoms with Crippen LogP contribution in [0.3, 0.4) is 0 Å². The van der Waals surface area contributed by atoms with E-state index >= 15 is 0 Å². The maximum Gasteiger partial charge on any atom is 0.198 e. The Balaban J connectivity index is 2.23. The zero-order valence-electron chi connectivity index (χ0n) is 11.9. The van der Waals surface area contributed by atoms with Crippen molar-refractivity contribution < 1.29 is 0 Å². The topological polar surface area (TPSA) is 99.2 Å². The molecule has 106 valence electrons. The van der Waals surface area contributed by atoms with E-state index in [-0.39, 0.29) is 0 Å². The lowest BCUT2D eigenvalue weighted by atomic mass is 10.2. The van der Waals surface area contributed by atoms with Gasteiger partial charge in [0.25, 0.3) is 0 Å². The Kier molecular flexibility index (Phi) is 4.43. The number of benzene rings is 2. The Labute approximate surface area is 123 Å². The van der Waals surface area contributed by atoms with E-state index in [1.165, 1.54) is 0 Å². The summed E-state index contributed by atoms with van der Waals surface area (Å²) in [5.41, 5.74) is 18.5. The van der Waals surface area contributed by atoms with E-state index in [4.69, 9.17) is 11.3 Å². The number of nitrogens with two attached hydrogens (primary N) is 1. The van der Waals surface area contributed by atoms with Gasteiger partial charge in [-0.15, -0.1) is 0 Å². The summed E-state index contributed by atoms with van der Waals surface area (Å²) in [6.07, 6.45) is 0. The lowest BCUT2D eigenvalue weighted by Crippen LogP contribution is -2.22. The first kappa shape index (κ1) is 14.4. The highest BCUT2D eigenvalue weighted by Gasteiger charge is 2.01. The quantitative estimate of drug-likeness (QED) is 0.288. The number of nitrogens with zero attached hydrogens (tertiary/aromatic N) is 4. The fourth-order valence-corrected chi connectivity index (χ4v) is 1.89. The number of hydrogen-bond donors (Lipinski definition) is 2. The van der Waals surface area contributed by atoms with Crippen LogP contribution in [0.2, 0.25) is 0 Å². The Bertz CT molecular complexity index is 729. The molecular weight excluding hydrogens is 264 g/mol. The number of nitrogens with one attached hydrogen (secondary N) is 1. The SMILES string of the molecule is Cc1cc(N=[N+]=[N-])ccc1N=C(N)Nc1ccccc1C. The second kappa shape index (κ2) is 6.45. The largest absolute Gasteiger partial charge is 0.369 e. The normalized spacial score (nSPS) is 10.9. The molecule has 0 unspecified atom stereocenters. The van der Waals surface area contributed by atoms with Crippen molar-refractivity contribution in [3.05, 3.63) is 64.0 Å². The summed E-state index contributed by atoms with van der Waals surface area (Å²) >= 11 is 0. The van der Waals surface area contributed by atoms with Crippen LogP contribution in [0, 0.1) is 13.8 Å². The number of guanidine groups is 1. The zero-order valence-corrected chi connectivity index (χ0v) is 11.9. The maximum absolute atomic E-state index is 8.42. The summed E-state index contributed by atoms with van der Waals surface area (Å²) in [6.45, 7) is 3.88. The summed E-state index contributed by atoms with van der Waals surface area (Å²) in [5.74, 6) is 0.309.